The highest BCUT2D eigenvalue weighted by atomic mass is 32.1. The molecule has 0 aromatic carbocycles. The summed E-state index contributed by atoms with van der Waals surface area (Å²) in [6.07, 6.45) is 4.00. The predicted octanol–water partition coefficient (Wildman–Crippen LogP) is 0.962. The second-order valence-corrected chi connectivity index (χ2v) is 5.00. The van der Waals surface area contributed by atoms with E-state index < -0.39 is 15.0 Å². The van der Waals surface area contributed by atoms with E-state index in [1.165, 1.54) is 0 Å². The van der Waals surface area contributed by atoms with Gasteiger partial charge in [-0.25, -0.2) is 14.8 Å². The maximum Gasteiger partial charge on any atom is 0.333 e. The lowest BCUT2D eigenvalue weighted by atomic mass is 10.2. The molecule has 0 aliphatic carbocycles. The van der Waals surface area contributed by atoms with E-state index in [9.17, 15) is 4.79 Å². The van der Waals surface area contributed by atoms with Crippen LogP contribution in [-0.4, -0.2) is 39.2 Å². The molecule has 0 amide bonds. The predicted molar refractivity (Wildman–Crippen MR) is 76.6 cm³/mol. The van der Waals surface area contributed by atoms with Crippen molar-refractivity contribution in [2.75, 3.05) is 17.2 Å². The summed E-state index contributed by atoms with van der Waals surface area (Å²) >= 11 is 4.16. The number of hydrogen-bond donors (Lipinski definition) is 2. The molecule has 2 unspecified atom stereocenters. The summed E-state index contributed by atoms with van der Waals surface area (Å²) in [5, 5.41) is 0. The standard InChI is InChI=1S/C11H16N3O3PS/c15-11(17-18-16)8-2-1-6-14(8)10-3-5-12-9(13-10)4-7-19/h3,5,8,16,18-19H,1-2,4,6-7H2. The van der Waals surface area contributed by atoms with Gasteiger partial charge in [-0.15, -0.1) is 0 Å². The van der Waals surface area contributed by atoms with Gasteiger partial charge < -0.3 is 14.3 Å². The number of aromatic nitrogens is 2. The van der Waals surface area contributed by atoms with Crippen LogP contribution in [0.15, 0.2) is 12.3 Å². The van der Waals surface area contributed by atoms with Crippen LogP contribution in [0.5, 0.6) is 0 Å². The Hall–Kier alpha value is -0.910. The fourth-order valence-electron chi connectivity index (χ4n) is 2.17. The topological polar surface area (TPSA) is 75.6 Å². The van der Waals surface area contributed by atoms with E-state index in [2.05, 4.69) is 22.6 Å². The Morgan fingerprint density at radius 1 is 1.68 bits per heavy atom. The zero-order valence-electron chi connectivity index (χ0n) is 10.3. The molecule has 1 aromatic rings. The Kier molecular flexibility index (Phi) is 5.36. The summed E-state index contributed by atoms with van der Waals surface area (Å²) in [6, 6.07) is 1.42. The molecule has 1 aliphatic heterocycles. The summed E-state index contributed by atoms with van der Waals surface area (Å²) in [5.74, 6) is 1.73. The van der Waals surface area contributed by atoms with E-state index in [1.807, 2.05) is 4.90 Å². The van der Waals surface area contributed by atoms with Crippen molar-refractivity contribution in [2.45, 2.75) is 25.3 Å². The van der Waals surface area contributed by atoms with Gasteiger partial charge in [0.15, 0.2) is 0 Å². The number of anilines is 1. The Labute approximate surface area is 118 Å². The van der Waals surface area contributed by atoms with Gasteiger partial charge in [0.05, 0.1) is 0 Å². The molecule has 19 heavy (non-hydrogen) atoms. The minimum atomic E-state index is -0.809. The number of nitrogens with zero attached hydrogens (tertiary/aromatic N) is 3. The first-order valence-electron chi connectivity index (χ1n) is 6.05. The zero-order chi connectivity index (χ0) is 13.7. The van der Waals surface area contributed by atoms with Crippen LogP contribution in [0, 0.1) is 0 Å². The van der Waals surface area contributed by atoms with Crippen molar-refractivity contribution in [1.82, 2.24) is 9.97 Å². The van der Waals surface area contributed by atoms with E-state index in [0.29, 0.717) is 12.2 Å². The van der Waals surface area contributed by atoms with Crippen molar-refractivity contribution in [3.63, 3.8) is 0 Å². The van der Waals surface area contributed by atoms with Crippen LogP contribution in [0.25, 0.3) is 0 Å². The molecule has 2 heterocycles. The van der Waals surface area contributed by atoms with Crippen LogP contribution in [-0.2, 0) is 15.7 Å². The van der Waals surface area contributed by atoms with Crippen LogP contribution in [0.2, 0.25) is 0 Å². The SMILES string of the molecule is O=C(OPO)C1CCCN1c1ccnc(CCS)n1. The molecule has 2 rings (SSSR count). The lowest BCUT2D eigenvalue weighted by Gasteiger charge is -2.23. The number of thiol groups is 1. The molecule has 6 nitrogen and oxygen atoms in total. The molecule has 1 aliphatic rings. The average molecular weight is 301 g/mol. The maximum absolute atomic E-state index is 11.8. The second kappa shape index (κ2) is 7.03. The molecule has 1 saturated heterocycles. The first-order valence-corrected chi connectivity index (χ1v) is 7.54. The van der Waals surface area contributed by atoms with Crippen molar-refractivity contribution < 1.29 is 14.2 Å². The van der Waals surface area contributed by atoms with Crippen LogP contribution >= 0.6 is 21.7 Å². The fraction of sp³-hybridized carbons (Fsp3) is 0.545. The quantitative estimate of drug-likeness (QED) is 0.623. The molecule has 0 radical (unpaired) electrons. The van der Waals surface area contributed by atoms with Gasteiger partial charge in [-0.3, -0.25) is 0 Å². The molecular weight excluding hydrogens is 285 g/mol. The van der Waals surface area contributed by atoms with E-state index in [-0.39, 0.29) is 6.04 Å². The first-order chi connectivity index (χ1) is 9.26. The lowest BCUT2D eigenvalue weighted by molar-refractivity contribution is -0.135. The van der Waals surface area contributed by atoms with Crippen LogP contribution in [0.3, 0.4) is 0 Å². The third-order valence-corrected chi connectivity index (χ3v) is 3.51. The largest absolute Gasteiger partial charge is 0.418 e. The van der Waals surface area contributed by atoms with Crippen molar-refractivity contribution in [2.24, 2.45) is 0 Å². The summed E-state index contributed by atoms with van der Waals surface area (Å²) in [5.41, 5.74) is 0. The molecule has 8 heteroatoms. The summed E-state index contributed by atoms with van der Waals surface area (Å²) in [6.45, 7) is 0.756. The smallest absolute Gasteiger partial charge is 0.333 e. The van der Waals surface area contributed by atoms with E-state index >= 15 is 0 Å². The lowest BCUT2D eigenvalue weighted by Crippen LogP contribution is -2.37. The van der Waals surface area contributed by atoms with Crippen molar-refractivity contribution in [1.29, 1.82) is 0 Å². The normalized spacial score (nSPS) is 19.3. The van der Waals surface area contributed by atoms with Gasteiger partial charge in [0.25, 0.3) is 0 Å². The number of hydrogen-bond acceptors (Lipinski definition) is 7. The van der Waals surface area contributed by atoms with Crippen molar-refractivity contribution in [3.05, 3.63) is 18.1 Å². The summed E-state index contributed by atoms with van der Waals surface area (Å²) < 4.78 is 4.70. The number of carbonyl (C=O) groups is 1. The Bertz CT molecular complexity index is 449. The zero-order valence-corrected chi connectivity index (χ0v) is 12.2. The van der Waals surface area contributed by atoms with E-state index in [1.54, 1.807) is 12.3 Å². The Morgan fingerprint density at radius 3 is 3.26 bits per heavy atom. The molecule has 1 N–H and O–H groups in total. The van der Waals surface area contributed by atoms with Gasteiger partial charge in [0, 0.05) is 19.2 Å². The summed E-state index contributed by atoms with van der Waals surface area (Å²) in [4.78, 5) is 31.0. The number of rotatable bonds is 5. The molecule has 0 saturated carbocycles. The number of carbonyl (C=O) groups excluding carboxylic acids is 1. The van der Waals surface area contributed by atoms with E-state index in [4.69, 9.17) is 9.42 Å². The van der Waals surface area contributed by atoms with Crippen LogP contribution in [0.1, 0.15) is 18.7 Å². The number of aryl methyl sites for hydroxylation is 1. The Morgan fingerprint density at radius 2 is 2.53 bits per heavy atom. The molecular formula is C11H16N3O3PS. The summed E-state index contributed by atoms with van der Waals surface area (Å²) in [7, 11) is -0.809. The minimum Gasteiger partial charge on any atom is -0.418 e. The third-order valence-electron chi connectivity index (χ3n) is 2.99. The van der Waals surface area contributed by atoms with Gasteiger partial charge in [-0.1, -0.05) is 0 Å². The van der Waals surface area contributed by atoms with Gasteiger partial charge in [0.1, 0.15) is 17.7 Å². The minimum absolute atomic E-state index is 0.363. The highest BCUT2D eigenvalue weighted by Crippen LogP contribution is 2.26. The average Bonchev–Trinajstić information content (AvgIpc) is 2.89. The molecule has 0 spiro atoms. The Balaban J connectivity index is 2.15. The van der Waals surface area contributed by atoms with Gasteiger partial charge in [0.2, 0.25) is 9.03 Å². The van der Waals surface area contributed by atoms with Crippen LogP contribution in [0.4, 0.5) is 5.82 Å². The molecule has 104 valence electrons. The van der Waals surface area contributed by atoms with Crippen LogP contribution < -0.4 is 4.90 Å². The van der Waals surface area contributed by atoms with Gasteiger partial charge >= 0.3 is 5.97 Å². The monoisotopic (exact) mass is 301 g/mol. The van der Waals surface area contributed by atoms with E-state index in [0.717, 1.165) is 31.0 Å². The fourth-order valence-corrected chi connectivity index (χ4v) is 2.59. The highest BCUT2D eigenvalue weighted by Gasteiger charge is 2.33. The molecule has 2 atom stereocenters. The third kappa shape index (κ3) is 3.55. The first kappa shape index (κ1) is 14.5. The highest BCUT2D eigenvalue weighted by molar-refractivity contribution is 7.80. The van der Waals surface area contributed by atoms with Crippen molar-refractivity contribution in [3.8, 4) is 0 Å². The maximum atomic E-state index is 11.8. The molecule has 0 bridgehead atoms. The van der Waals surface area contributed by atoms with Crippen molar-refractivity contribution >= 4 is 33.5 Å². The van der Waals surface area contributed by atoms with Gasteiger partial charge in [-0.05, 0) is 24.7 Å². The molecule has 1 fully saturated rings. The van der Waals surface area contributed by atoms with Gasteiger partial charge in [-0.2, -0.15) is 12.6 Å². The molecule has 1 aromatic heterocycles. The second-order valence-electron chi connectivity index (χ2n) is 4.17.